The van der Waals surface area contributed by atoms with Crippen molar-refractivity contribution in [1.29, 1.82) is 0 Å². The highest BCUT2D eigenvalue weighted by Crippen LogP contribution is 2.29. The smallest absolute Gasteiger partial charge is 0.191 e. The lowest BCUT2D eigenvalue weighted by Crippen LogP contribution is -2.44. The van der Waals surface area contributed by atoms with E-state index in [1.807, 2.05) is 18.4 Å². The second-order valence-corrected chi connectivity index (χ2v) is 6.70. The monoisotopic (exact) mass is 265 g/mol. The van der Waals surface area contributed by atoms with Crippen LogP contribution in [0.25, 0.3) is 0 Å². The first kappa shape index (κ1) is 13.4. The van der Waals surface area contributed by atoms with Gasteiger partial charge in [-0.1, -0.05) is 26.8 Å². The average Bonchev–Trinajstić information content (AvgIpc) is 2.85. The third-order valence-corrected chi connectivity index (χ3v) is 4.78. The van der Waals surface area contributed by atoms with Gasteiger partial charge in [0.1, 0.15) is 0 Å². The molecule has 0 amide bonds. The van der Waals surface area contributed by atoms with Crippen molar-refractivity contribution in [2.75, 3.05) is 13.6 Å². The average molecular weight is 265 g/mol. The van der Waals surface area contributed by atoms with Crippen LogP contribution < -0.4 is 10.6 Å². The van der Waals surface area contributed by atoms with Gasteiger partial charge in [-0.05, 0) is 23.8 Å². The summed E-state index contributed by atoms with van der Waals surface area (Å²) in [5, 5.41) is 9.02. The number of guanidine groups is 1. The Morgan fingerprint density at radius 1 is 1.56 bits per heavy atom. The summed E-state index contributed by atoms with van der Waals surface area (Å²) in [6.45, 7) is 7.69. The quantitative estimate of drug-likeness (QED) is 0.648. The first-order valence-electron chi connectivity index (χ1n) is 6.54. The van der Waals surface area contributed by atoms with Crippen LogP contribution in [0.1, 0.15) is 32.1 Å². The molecule has 2 rings (SSSR count). The number of hydrogen-bond acceptors (Lipinski definition) is 2. The maximum absolute atomic E-state index is 4.28. The summed E-state index contributed by atoms with van der Waals surface area (Å²) in [5.74, 6) is 1.71. The van der Waals surface area contributed by atoms with E-state index in [0.717, 1.165) is 18.4 Å². The predicted molar refractivity (Wildman–Crippen MR) is 79.4 cm³/mol. The number of nitrogens with zero attached hydrogens (tertiary/aromatic N) is 1. The Balaban J connectivity index is 1.86. The molecule has 0 spiro atoms. The van der Waals surface area contributed by atoms with Crippen molar-refractivity contribution in [2.24, 2.45) is 10.9 Å². The van der Waals surface area contributed by atoms with Crippen LogP contribution in [0.2, 0.25) is 0 Å². The van der Waals surface area contributed by atoms with E-state index in [9.17, 15) is 0 Å². The molecule has 1 heterocycles. The molecule has 100 valence electrons. The van der Waals surface area contributed by atoms with E-state index in [1.54, 1.807) is 0 Å². The standard InChI is InChI=1S/C14H23N3S/c1-10-8-11(10)17-13(15-4)16-9-14(2,3)12-6-5-7-18-12/h5-7,10-11H,8-9H2,1-4H3,(H2,15,16,17). The first-order valence-corrected chi connectivity index (χ1v) is 7.42. The molecule has 0 aromatic carbocycles. The second-order valence-electron chi connectivity index (χ2n) is 5.75. The molecule has 1 saturated carbocycles. The molecule has 2 atom stereocenters. The normalized spacial score (nSPS) is 23.9. The molecule has 0 saturated heterocycles. The van der Waals surface area contributed by atoms with Crippen molar-refractivity contribution in [1.82, 2.24) is 10.6 Å². The highest BCUT2D eigenvalue weighted by Gasteiger charge is 2.33. The van der Waals surface area contributed by atoms with E-state index in [0.29, 0.717) is 6.04 Å². The zero-order chi connectivity index (χ0) is 13.2. The van der Waals surface area contributed by atoms with Crippen LogP contribution in [0.5, 0.6) is 0 Å². The lowest BCUT2D eigenvalue weighted by atomic mass is 9.91. The zero-order valence-electron chi connectivity index (χ0n) is 11.7. The fourth-order valence-corrected chi connectivity index (χ4v) is 2.80. The first-order chi connectivity index (χ1) is 8.53. The summed E-state index contributed by atoms with van der Waals surface area (Å²) in [6.07, 6.45) is 1.26. The summed E-state index contributed by atoms with van der Waals surface area (Å²) in [7, 11) is 1.83. The fourth-order valence-electron chi connectivity index (χ4n) is 1.95. The molecule has 1 aliphatic carbocycles. The van der Waals surface area contributed by atoms with Gasteiger partial charge in [-0.25, -0.2) is 0 Å². The van der Waals surface area contributed by atoms with Crippen LogP contribution in [0.4, 0.5) is 0 Å². The van der Waals surface area contributed by atoms with Crippen molar-refractivity contribution >= 4 is 17.3 Å². The maximum atomic E-state index is 4.28. The van der Waals surface area contributed by atoms with Gasteiger partial charge in [-0.3, -0.25) is 4.99 Å². The van der Waals surface area contributed by atoms with E-state index in [2.05, 4.69) is 53.9 Å². The molecule has 3 nitrogen and oxygen atoms in total. The Bertz CT molecular complexity index is 409. The third-order valence-electron chi connectivity index (χ3n) is 3.54. The van der Waals surface area contributed by atoms with Crippen LogP contribution in [-0.2, 0) is 5.41 Å². The van der Waals surface area contributed by atoms with Crippen LogP contribution in [-0.4, -0.2) is 25.6 Å². The molecule has 4 heteroatoms. The van der Waals surface area contributed by atoms with Crippen LogP contribution >= 0.6 is 11.3 Å². The molecule has 1 aromatic heterocycles. The lowest BCUT2D eigenvalue weighted by Gasteiger charge is -2.25. The van der Waals surface area contributed by atoms with Crippen LogP contribution in [0.15, 0.2) is 22.5 Å². The molecule has 0 bridgehead atoms. The minimum absolute atomic E-state index is 0.140. The number of hydrogen-bond donors (Lipinski definition) is 2. The van der Waals surface area contributed by atoms with Crippen molar-refractivity contribution in [3.63, 3.8) is 0 Å². The Morgan fingerprint density at radius 2 is 2.28 bits per heavy atom. The highest BCUT2D eigenvalue weighted by molar-refractivity contribution is 7.10. The van der Waals surface area contributed by atoms with Crippen LogP contribution in [0, 0.1) is 5.92 Å². The van der Waals surface area contributed by atoms with E-state index < -0.39 is 0 Å². The number of rotatable bonds is 4. The van der Waals surface area contributed by atoms with Gasteiger partial charge in [0.25, 0.3) is 0 Å². The Kier molecular flexibility index (Phi) is 3.95. The lowest BCUT2D eigenvalue weighted by molar-refractivity contribution is 0.518. The van der Waals surface area contributed by atoms with Gasteiger partial charge >= 0.3 is 0 Å². The number of thiophene rings is 1. The number of aliphatic imine (C=N–C) groups is 1. The Labute approximate surface area is 114 Å². The van der Waals surface area contributed by atoms with E-state index in [4.69, 9.17) is 0 Å². The van der Waals surface area contributed by atoms with Crippen LogP contribution in [0.3, 0.4) is 0 Å². The van der Waals surface area contributed by atoms with E-state index in [1.165, 1.54) is 11.3 Å². The van der Waals surface area contributed by atoms with Gasteiger partial charge in [0.15, 0.2) is 5.96 Å². The van der Waals surface area contributed by atoms with E-state index in [-0.39, 0.29) is 5.41 Å². The molecule has 0 radical (unpaired) electrons. The summed E-state index contributed by atoms with van der Waals surface area (Å²) in [4.78, 5) is 5.69. The molecule has 1 aromatic rings. The highest BCUT2D eigenvalue weighted by atomic mass is 32.1. The molecule has 1 fully saturated rings. The molecule has 1 aliphatic rings. The van der Waals surface area contributed by atoms with Gasteiger partial charge in [-0.2, -0.15) is 0 Å². The van der Waals surface area contributed by atoms with Crippen molar-refractivity contribution < 1.29 is 0 Å². The molecule has 18 heavy (non-hydrogen) atoms. The summed E-state index contributed by atoms with van der Waals surface area (Å²) < 4.78 is 0. The predicted octanol–water partition coefficient (Wildman–Crippen LogP) is 2.60. The molecule has 0 aliphatic heterocycles. The molecule has 2 unspecified atom stereocenters. The number of nitrogens with one attached hydrogen (secondary N) is 2. The van der Waals surface area contributed by atoms with Gasteiger partial charge in [0.05, 0.1) is 0 Å². The minimum Gasteiger partial charge on any atom is -0.356 e. The van der Waals surface area contributed by atoms with Gasteiger partial charge in [-0.15, -0.1) is 11.3 Å². The summed E-state index contributed by atoms with van der Waals surface area (Å²) >= 11 is 1.82. The molecule has 2 N–H and O–H groups in total. The Hall–Kier alpha value is -1.03. The fraction of sp³-hybridized carbons (Fsp3) is 0.643. The third kappa shape index (κ3) is 3.25. The Morgan fingerprint density at radius 3 is 2.78 bits per heavy atom. The SMILES string of the molecule is CN=C(NCC(C)(C)c1cccs1)NC1CC1C. The van der Waals surface area contributed by atoms with Gasteiger partial charge < -0.3 is 10.6 Å². The van der Waals surface area contributed by atoms with Crippen molar-refractivity contribution in [2.45, 2.75) is 38.6 Å². The zero-order valence-corrected chi connectivity index (χ0v) is 12.5. The van der Waals surface area contributed by atoms with Crippen molar-refractivity contribution in [3.05, 3.63) is 22.4 Å². The second kappa shape index (κ2) is 5.31. The maximum Gasteiger partial charge on any atom is 0.191 e. The largest absolute Gasteiger partial charge is 0.356 e. The summed E-state index contributed by atoms with van der Waals surface area (Å²) in [5.41, 5.74) is 0.140. The topological polar surface area (TPSA) is 36.4 Å². The molecular formula is C14H23N3S. The molecular weight excluding hydrogens is 242 g/mol. The van der Waals surface area contributed by atoms with Crippen molar-refractivity contribution in [3.8, 4) is 0 Å². The van der Waals surface area contributed by atoms with E-state index >= 15 is 0 Å². The summed E-state index contributed by atoms with van der Waals surface area (Å²) in [6, 6.07) is 4.92. The van der Waals surface area contributed by atoms with Gasteiger partial charge in [0, 0.05) is 29.9 Å². The van der Waals surface area contributed by atoms with Gasteiger partial charge in [0.2, 0.25) is 0 Å². The minimum atomic E-state index is 0.140.